The summed E-state index contributed by atoms with van der Waals surface area (Å²) in [5.74, 6) is 0.588. The lowest BCUT2D eigenvalue weighted by molar-refractivity contribution is 0.103. The first-order chi connectivity index (χ1) is 10.1. The quantitative estimate of drug-likeness (QED) is 0.792. The maximum absolute atomic E-state index is 13.6. The molecule has 0 saturated carbocycles. The Morgan fingerprint density at radius 1 is 1.00 bits per heavy atom. The molecule has 2 aromatic rings. The standard InChI is InChI=1S/C17H15FO3/c1-11-3-4-12(9-14(11)18)17(19)13-5-6-15-16(10-13)21-8-2-7-20-15/h3-6,9-10H,2,7-8H2,1H3. The van der Waals surface area contributed by atoms with Crippen LogP contribution < -0.4 is 9.47 Å². The Kier molecular flexibility index (Phi) is 3.60. The molecule has 0 saturated heterocycles. The monoisotopic (exact) mass is 286 g/mol. The highest BCUT2D eigenvalue weighted by Crippen LogP contribution is 2.31. The van der Waals surface area contributed by atoms with Crippen molar-refractivity contribution in [3.8, 4) is 11.5 Å². The van der Waals surface area contributed by atoms with Gasteiger partial charge in [-0.1, -0.05) is 12.1 Å². The van der Waals surface area contributed by atoms with E-state index in [-0.39, 0.29) is 11.6 Å². The van der Waals surface area contributed by atoms with Crippen molar-refractivity contribution in [2.75, 3.05) is 13.2 Å². The minimum Gasteiger partial charge on any atom is -0.490 e. The van der Waals surface area contributed by atoms with Gasteiger partial charge in [0.25, 0.3) is 0 Å². The third kappa shape index (κ3) is 2.75. The maximum Gasteiger partial charge on any atom is 0.193 e. The highest BCUT2D eigenvalue weighted by molar-refractivity contribution is 6.09. The molecule has 0 radical (unpaired) electrons. The fourth-order valence-corrected chi connectivity index (χ4v) is 2.21. The molecule has 0 spiro atoms. The summed E-state index contributed by atoms with van der Waals surface area (Å²) in [6.45, 7) is 2.82. The minimum absolute atomic E-state index is 0.232. The summed E-state index contributed by atoms with van der Waals surface area (Å²) in [5, 5.41) is 0. The lowest BCUT2D eigenvalue weighted by atomic mass is 10.0. The summed E-state index contributed by atoms with van der Waals surface area (Å²) in [5.41, 5.74) is 1.31. The zero-order valence-electron chi connectivity index (χ0n) is 11.7. The summed E-state index contributed by atoms with van der Waals surface area (Å²) in [6.07, 6.45) is 0.807. The van der Waals surface area contributed by atoms with Crippen molar-refractivity contribution >= 4 is 5.78 Å². The van der Waals surface area contributed by atoms with Crippen LogP contribution in [0.4, 0.5) is 4.39 Å². The van der Waals surface area contributed by atoms with Gasteiger partial charge in [-0.2, -0.15) is 0 Å². The summed E-state index contributed by atoms with van der Waals surface area (Å²) < 4.78 is 24.7. The molecule has 108 valence electrons. The molecule has 0 unspecified atom stereocenters. The second-order valence-corrected chi connectivity index (χ2v) is 5.01. The van der Waals surface area contributed by atoms with Crippen LogP contribution in [-0.2, 0) is 0 Å². The van der Waals surface area contributed by atoms with Crippen molar-refractivity contribution in [1.82, 2.24) is 0 Å². The molecule has 1 aliphatic heterocycles. The number of hydrogen-bond acceptors (Lipinski definition) is 3. The molecule has 0 atom stereocenters. The van der Waals surface area contributed by atoms with Gasteiger partial charge in [-0.3, -0.25) is 4.79 Å². The zero-order chi connectivity index (χ0) is 14.8. The molecule has 4 heteroatoms. The highest BCUT2D eigenvalue weighted by atomic mass is 19.1. The van der Waals surface area contributed by atoms with E-state index in [1.807, 2.05) is 0 Å². The van der Waals surface area contributed by atoms with Crippen molar-refractivity contribution in [2.45, 2.75) is 13.3 Å². The van der Waals surface area contributed by atoms with Gasteiger partial charge in [-0.15, -0.1) is 0 Å². The Labute approximate surface area is 122 Å². The molecule has 0 aromatic heterocycles. The van der Waals surface area contributed by atoms with Crippen LogP contribution in [0.1, 0.15) is 27.9 Å². The second kappa shape index (κ2) is 5.56. The van der Waals surface area contributed by atoms with Crippen molar-refractivity contribution in [3.05, 3.63) is 58.9 Å². The Bertz CT molecular complexity index is 694. The fourth-order valence-electron chi connectivity index (χ4n) is 2.21. The van der Waals surface area contributed by atoms with Crippen molar-refractivity contribution < 1.29 is 18.7 Å². The predicted molar refractivity (Wildman–Crippen MR) is 76.6 cm³/mol. The molecule has 1 aliphatic rings. The SMILES string of the molecule is Cc1ccc(C(=O)c2ccc3c(c2)OCCCO3)cc1F. The predicted octanol–water partition coefficient (Wildman–Crippen LogP) is 3.53. The van der Waals surface area contributed by atoms with Gasteiger partial charge in [0.1, 0.15) is 5.82 Å². The Hall–Kier alpha value is -2.36. The summed E-state index contributed by atoms with van der Waals surface area (Å²) in [7, 11) is 0. The number of aryl methyl sites for hydroxylation is 1. The fraction of sp³-hybridized carbons (Fsp3) is 0.235. The van der Waals surface area contributed by atoms with E-state index >= 15 is 0 Å². The van der Waals surface area contributed by atoms with E-state index < -0.39 is 0 Å². The minimum atomic E-state index is -0.379. The first-order valence-corrected chi connectivity index (χ1v) is 6.85. The van der Waals surface area contributed by atoms with Gasteiger partial charge in [0.2, 0.25) is 0 Å². The first-order valence-electron chi connectivity index (χ1n) is 6.85. The normalized spacial score (nSPS) is 13.6. The average molecular weight is 286 g/mol. The maximum atomic E-state index is 13.6. The van der Waals surface area contributed by atoms with Crippen LogP contribution in [0, 0.1) is 12.7 Å². The number of halogens is 1. The van der Waals surface area contributed by atoms with Crippen molar-refractivity contribution in [1.29, 1.82) is 0 Å². The molecule has 2 aromatic carbocycles. The van der Waals surface area contributed by atoms with E-state index in [2.05, 4.69) is 0 Å². The highest BCUT2D eigenvalue weighted by Gasteiger charge is 2.16. The third-order valence-corrected chi connectivity index (χ3v) is 3.44. The topological polar surface area (TPSA) is 35.5 Å². The number of hydrogen-bond donors (Lipinski definition) is 0. The van der Waals surface area contributed by atoms with E-state index in [0.717, 1.165) is 6.42 Å². The molecule has 0 N–H and O–H groups in total. The van der Waals surface area contributed by atoms with E-state index in [0.29, 0.717) is 41.4 Å². The molecule has 21 heavy (non-hydrogen) atoms. The summed E-state index contributed by atoms with van der Waals surface area (Å²) in [4.78, 5) is 12.4. The average Bonchev–Trinajstić information content (AvgIpc) is 2.73. The molecule has 3 rings (SSSR count). The van der Waals surface area contributed by atoms with Crippen LogP contribution >= 0.6 is 0 Å². The first kappa shape index (κ1) is 13.6. The Balaban J connectivity index is 1.94. The van der Waals surface area contributed by atoms with Crippen LogP contribution in [-0.4, -0.2) is 19.0 Å². The van der Waals surface area contributed by atoms with Crippen LogP contribution in [0.15, 0.2) is 36.4 Å². The van der Waals surface area contributed by atoms with Crippen LogP contribution in [0.3, 0.4) is 0 Å². The number of rotatable bonds is 2. The molecule has 0 fully saturated rings. The molecule has 1 heterocycles. The zero-order valence-corrected chi connectivity index (χ0v) is 11.7. The molecular formula is C17H15FO3. The van der Waals surface area contributed by atoms with Gasteiger partial charge < -0.3 is 9.47 Å². The van der Waals surface area contributed by atoms with E-state index in [9.17, 15) is 9.18 Å². The Morgan fingerprint density at radius 3 is 2.43 bits per heavy atom. The largest absolute Gasteiger partial charge is 0.490 e. The number of ether oxygens (including phenoxy) is 2. The van der Waals surface area contributed by atoms with Gasteiger partial charge in [-0.25, -0.2) is 4.39 Å². The second-order valence-electron chi connectivity index (χ2n) is 5.01. The van der Waals surface area contributed by atoms with Gasteiger partial charge in [-0.05, 0) is 36.8 Å². The lowest BCUT2D eigenvalue weighted by Gasteiger charge is -2.09. The molecule has 0 aliphatic carbocycles. The third-order valence-electron chi connectivity index (χ3n) is 3.44. The molecule has 0 amide bonds. The number of fused-ring (bicyclic) bond motifs is 1. The molecular weight excluding hydrogens is 271 g/mol. The molecule has 0 bridgehead atoms. The molecule has 3 nitrogen and oxygen atoms in total. The van der Waals surface area contributed by atoms with E-state index in [1.165, 1.54) is 6.07 Å². The number of carbonyl (C=O) groups is 1. The van der Waals surface area contributed by atoms with E-state index in [1.54, 1.807) is 37.3 Å². The van der Waals surface area contributed by atoms with Gasteiger partial charge >= 0.3 is 0 Å². The van der Waals surface area contributed by atoms with Gasteiger partial charge in [0.05, 0.1) is 13.2 Å². The number of benzene rings is 2. The number of carbonyl (C=O) groups excluding carboxylic acids is 1. The summed E-state index contributed by atoms with van der Waals surface area (Å²) in [6, 6.07) is 9.54. The van der Waals surface area contributed by atoms with Crippen molar-refractivity contribution in [3.63, 3.8) is 0 Å². The van der Waals surface area contributed by atoms with Crippen molar-refractivity contribution in [2.24, 2.45) is 0 Å². The Morgan fingerprint density at radius 2 is 1.67 bits per heavy atom. The van der Waals surface area contributed by atoms with Crippen LogP contribution in [0.2, 0.25) is 0 Å². The number of ketones is 1. The lowest BCUT2D eigenvalue weighted by Crippen LogP contribution is -2.03. The smallest absolute Gasteiger partial charge is 0.193 e. The van der Waals surface area contributed by atoms with Gasteiger partial charge in [0, 0.05) is 17.5 Å². The van der Waals surface area contributed by atoms with Gasteiger partial charge in [0.15, 0.2) is 17.3 Å². The summed E-state index contributed by atoms with van der Waals surface area (Å²) >= 11 is 0. The van der Waals surface area contributed by atoms with Crippen LogP contribution in [0.25, 0.3) is 0 Å². The van der Waals surface area contributed by atoms with E-state index in [4.69, 9.17) is 9.47 Å². The van der Waals surface area contributed by atoms with Crippen LogP contribution in [0.5, 0.6) is 11.5 Å².